The van der Waals surface area contributed by atoms with E-state index in [-0.39, 0.29) is 0 Å². The molecule has 0 radical (unpaired) electrons. The molecule has 0 fully saturated rings. The first-order chi connectivity index (χ1) is 11.7. The Balaban J connectivity index is 1.94. The summed E-state index contributed by atoms with van der Waals surface area (Å²) in [6.45, 7) is 0. The van der Waals surface area contributed by atoms with E-state index in [0.29, 0.717) is 10.0 Å². The van der Waals surface area contributed by atoms with E-state index in [2.05, 4.69) is 20.6 Å². The molecule has 24 heavy (non-hydrogen) atoms. The lowest BCUT2D eigenvalue weighted by Crippen LogP contribution is -1.90. The molecule has 6 heteroatoms. The van der Waals surface area contributed by atoms with Gasteiger partial charge in [-0.05, 0) is 48.6 Å². The van der Waals surface area contributed by atoms with Gasteiger partial charge in [-0.2, -0.15) is 0 Å². The summed E-state index contributed by atoms with van der Waals surface area (Å²) in [6.07, 6.45) is 10.6. The molecule has 4 nitrogen and oxygen atoms in total. The zero-order chi connectivity index (χ0) is 16.8. The average Bonchev–Trinajstić information content (AvgIpc) is 2.57. The molecule has 120 valence electrons. The summed E-state index contributed by atoms with van der Waals surface area (Å²) in [5, 5.41) is 7.60. The van der Waals surface area contributed by atoms with Gasteiger partial charge in [0.1, 0.15) is 0 Å². The molecule has 1 heterocycles. The van der Waals surface area contributed by atoms with Gasteiger partial charge < -0.3 is 10.6 Å². The number of fused-ring (bicyclic) bond motifs is 2. The number of anilines is 2. The Bertz CT molecular complexity index is 783. The molecule has 2 N–H and O–H groups in total. The van der Waals surface area contributed by atoms with E-state index in [9.17, 15) is 0 Å². The maximum atomic E-state index is 6.04. The van der Waals surface area contributed by atoms with Crippen molar-refractivity contribution in [3.05, 3.63) is 71.0 Å². The molecule has 0 saturated heterocycles. The molecule has 0 bridgehead atoms. The summed E-state index contributed by atoms with van der Waals surface area (Å²) in [7, 11) is 0. The number of benzene rings is 2. The quantitative estimate of drug-likeness (QED) is 0.611. The first-order valence-electron chi connectivity index (χ1n) is 7.23. The number of nitrogens with one attached hydrogen (secondary N) is 2. The van der Waals surface area contributed by atoms with Crippen molar-refractivity contribution >= 4 is 58.4 Å². The summed E-state index contributed by atoms with van der Waals surface area (Å²) < 4.78 is 0. The van der Waals surface area contributed by atoms with Crippen LogP contribution in [-0.2, 0) is 0 Å². The highest BCUT2D eigenvalue weighted by Crippen LogP contribution is 2.29. The van der Waals surface area contributed by atoms with Crippen LogP contribution < -0.4 is 10.6 Å². The molecule has 0 aromatic heterocycles. The summed E-state index contributed by atoms with van der Waals surface area (Å²) in [5.41, 5.74) is 3.19. The number of rotatable bonds is 0. The van der Waals surface area contributed by atoms with Crippen molar-refractivity contribution in [2.24, 2.45) is 9.98 Å². The van der Waals surface area contributed by atoms with Gasteiger partial charge >= 0.3 is 0 Å². The minimum absolute atomic E-state index is 0.641. The Hall–Kier alpha value is -2.56. The third-order valence-corrected chi connectivity index (χ3v) is 3.66. The number of allylic oxidation sites excluding steroid dienone is 2. The highest BCUT2D eigenvalue weighted by atomic mass is 35.5. The Labute approximate surface area is 150 Å². The van der Waals surface area contributed by atoms with E-state index in [1.165, 1.54) is 0 Å². The average molecular weight is 357 g/mol. The number of hydrogen-bond donors (Lipinski definition) is 2. The van der Waals surface area contributed by atoms with Crippen LogP contribution in [-0.4, -0.2) is 12.4 Å². The topological polar surface area (TPSA) is 48.8 Å². The maximum Gasteiger partial charge on any atom is 0.0865 e. The number of hydrogen-bond acceptors (Lipinski definition) is 4. The molecule has 2 aromatic rings. The fraction of sp³-hybridized carbons (Fsp3) is 0. The fourth-order valence-electron chi connectivity index (χ4n) is 2.08. The lowest BCUT2D eigenvalue weighted by molar-refractivity contribution is 1.48. The third kappa shape index (κ3) is 4.25. The number of aliphatic imine (C=N–C) groups is 2. The third-order valence-electron chi connectivity index (χ3n) is 3.19. The Morgan fingerprint density at radius 3 is 1.58 bits per heavy atom. The van der Waals surface area contributed by atoms with Gasteiger partial charge in [-0.3, -0.25) is 9.98 Å². The van der Waals surface area contributed by atoms with E-state index in [1.807, 2.05) is 24.3 Å². The monoisotopic (exact) mass is 356 g/mol. The van der Waals surface area contributed by atoms with Crippen LogP contribution in [0.25, 0.3) is 0 Å². The van der Waals surface area contributed by atoms with Gasteiger partial charge in [-0.25, -0.2) is 0 Å². The van der Waals surface area contributed by atoms with Gasteiger partial charge in [0.15, 0.2) is 0 Å². The zero-order valence-electron chi connectivity index (χ0n) is 12.6. The molecular weight excluding hydrogens is 343 g/mol. The standard InChI is InChI=1S/C18H14Cl2N4/c19-13-4-6-16-17(11-13)23-9-1-7-21-15-5-3-14(20)12-18(15)24-10-2-8-22-16/h1-12,23-24H/b9-1-,10-2-,21-7?,22-8?. The molecule has 3 rings (SSSR count). The first kappa shape index (κ1) is 16.3. The summed E-state index contributed by atoms with van der Waals surface area (Å²) >= 11 is 12.1. The Morgan fingerprint density at radius 2 is 1.12 bits per heavy atom. The van der Waals surface area contributed by atoms with Crippen molar-refractivity contribution in [1.82, 2.24) is 0 Å². The maximum absolute atomic E-state index is 6.04. The molecule has 1 aliphatic rings. The smallest absolute Gasteiger partial charge is 0.0865 e. The lowest BCUT2D eigenvalue weighted by Gasteiger charge is -2.07. The Morgan fingerprint density at radius 1 is 0.667 bits per heavy atom. The molecule has 2 aromatic carbocycles. The van der Waals surface area contributed by atoms with E-state index in [0.717, 1.165) is 22.7 Å². The first-order valence-corrected chi connectivity index (χ1v) is 7.98. The van der Waals surface area contributed by atoms with Gasteiger partial charge in [0.25, 0.3) is 0 Å². The predicted molar refractivity (Wildman–Crippen MR) is 105 cm³/mol. The molecule has 0 atom stereocenters. The highest BCUT2D eigenvalue weighted by molar-refractivity contribution is 6.31. The van der Waals surface area contributed by atoms with Crippen molar-refractivity contribution < 1.29 is 0 Å². The Kier molecular flexibility index (Phi) is 5.31. The molecule has 0 unspecified atom stereocenters. The highest BCUT2D eigenvalue weighted by Gasteiger charge is 2.01. The predicted octanol–water partition coefficient (Wildman–Crippen LogP) is 5.96. The minimum Gasteiger partial charge on any atom is -0.360 e. The molecule has 0 amide bonds. The van der Waals surface area contributed by atoms with E-state index in [1.54, 1.807) is 49.1 Å². The largest absolute Gasteiger partial charge is 0.360 e. The number of nitrogens with zero attached hydrogens (tertiary/aromatic N) is 2. The van der Waals surface area contributed by atoms with Crippen molar-refractivity contribution in [1.29, 1.82) is 0 Å². The van der Waals surface area contributed by atoms with Crippen LogP contribution in [0.1, 0.15) is 0 Å². The van der Waals surface area contributed by atoms with Crippen molar-refractivity contribution in [3.8, 4) is 0 Å². The molecule has 0 spiro atoms. The summed E-state index contributed by atoms with van der Waals surface area (Å²) in [4.78, 5) is 8.85. The fourth-order valence-corrected chi connectivity index (χ4v) is 2.43. The van der Waals surface area contributed by atoms with Crippen LogP contribution in [0.5, 0.6) is 0 Å². The van der Waals surface area contributed by atoms with Crippen LogP contribution in [0.2, 0.25) is 10.0 Å². The van der Waals surface area contributed by atoms with Gasteiger partial charge in [-0.1, -0.05) is 23.2 Å². The second-order valence-electron chi connectivity index (χ2n) is 4.89. The van der Waals surface area contributed by atoms with E-state index >= 15 is 0 Å². The van der Waals surface area contributed by atoms with Crippen molar-refractivity contribution in [2.45, 2.75) is 0 Å². The van der Waals surface area contributed by atoms with Gasteiger partial charge in [-0.15, -0.1) is 0 Å². The SMILES string of the molecule is Clc1ccc2c(c1)N/C=C\C=Nc1ccc(Cl)cc1N/C=C\C=N2. The van der Waals surface area contributed by atoms with E-state index in [4.69, 9.17) is 23.2 Å². The van der Waals surface area contributed by atoms with Gasteiger partial charge in [0.2, 0.25) is 0 Å². The van der Waals surface area contributed by atoms with Crippen molar-refractivity contribution in [3.63, 3.8) is 0 Å². The van der Waals surface area contributed by atoms with Gasteiger partial charge in [0, 0.05) is 34.9 Å². The van der Waals surface area contributed by atoms with Crippen LogP contribution in [0.4, 0.5) is 22.7 Å². The molecular formula is C18H14Cl2N4. The normalized spacial score (nSPS) is 16.1. The molecule has 0 aliphatic carbocycles. The van der Waals surface area contributed by atoms with E-state index < -0.39 is 0 Å². The second kappa shape index (κ2) is 7.81. The number of halogens is 2. The minimum atomic E-state index is 0.641. The molecule has 0 saturated carbocycles. The molecule has 1 aliphatic heterocycles. The van der Waals surface area contributed by atoms with Crippen LogP contribution in [0.15, 0.2) is 70.9 Å². The zero-order valence-corrected chi connectivity index (χ0v) is 14.1. The van der Waals surface area contributed by atoms with Gasteiger partial charge in [0.05, 0.1) is 22.7 Å². The summed E-state index contributed by atoms with van der Waals surface area (Å²) in [6, 6.07) is 10.9. The van der Waals surface area contributed by atoms with Crippen LogP contribution in [0.3, 0.4) is 0 Å². The summed E-state index contributed by atoms with van der Waals surface area (Å²) in [5.74, 6) is 0. The lowest BCUT2D eigenvalue weighted by atomic mass is 10.2. The van der Waals surface area contributed by atoms with Crippen molar-refractivity contribution in [2.75, 3.05) is 10.6 Å². The second-order valence-corrected chi connectivity index (χ2v) is 5.76. The van der Waals surface area contributed by atoms with Crippen LogP contribution in [0, 0.1) is 0 Å². The van der Waals surface area contributed by atoms with Crippen LogP contribution >= 0.6 is 23.2 Å².